The van der Waals surface area contributed by atoms with Crippen LogP contribution >= 0.6 is 0 Å². The van der Waals surface area contributed by atoms with Crippen LogP contribution in [0, 0.1) is 6.92 Å². The van der Waals surface area contributed by atoms with E-state index in [4.69, 9.17) is 4.74 Å². The minimum atomic E-state index is -4.76. The fourth-order valence-electron chi connectivity index (χ4n) is 4.14. The molecule has 33 heavy (non-hydrogen) atoms. The van der Waals surface area contributed by atoms with Crippen LogP contribution in [-0.2, 0) is 15.7 Å². The highest BCUT2D eigenvalue weighted by Gasteiger charge is 2.42. The third-order valence-corrected chi connectivity index (χ3v) is 5.99. The van der Waals surface area contributed by atoms with Crippen LogP contribution in [0.15, 0.2) is 30.5 Å². The van der Waals surface area contributed by atoms with E-state index in [0.717, 1.165) is 10.9 Å². The molecular weight excluding hydrogens is 439 g/mol. The Balaban J connectivity index is 1.47. The molecule has 0 saturated carbocycles. The number of piperazine rings is 1. The Kier molecular flexibility index (Phi) is 6.71. The summed E-state index contributed by atoms with van der Waals surface area (Å²) in [4.78, 5) is 30.6. The molecule has 2 aliphatic rings. The lowest BCUT2D eigenvalue weighted by Crippen LogP contribution is -2.53. The van der Waals surface area contributed by atoms with Crippen molar-refractivity contribution in [2.24, 2.45) is 0 Å². The second-order valence-electron chi connectivity index (χ2n) is 8.16. The van der Waals surface area contributed by atoms with Crippen molar-refractivity contribution in [3.63, 3.8) is 0 Å². The molecule has 178 valence electrons. The molecule has 8 nitrogen and oxygen atoms in total. The lowest BCUT2D eigenvalue weighted by Gasteiger charge is -2.36. The number of carbonyl (C=O) groups excluding carboxylic acids is 2. The van der Waals surface area contributed by atoms with Crippen LogP contribution in [0.1, 0.15) is 21.6 Å². The summed E-state index contributed by atoms with van der Waals surface area (Å²) in [6, 6.07) is 6.57. The minimum absolute atomic E-state index is 0.0487. The highest BCUT2D eigenvalue weighted by atomic mass is 19.4. The number of halogens is 3. The maximum atomic E-state index is 14.0. The van der Waals surface area contributed by atoms with E-state index in [9.17, 15) is 22.8 Å². The first-order valence-corrected chi connectivity index (χ1v) is 10.8. The zero-order valence-corrected chi connectivity index (χ0v) is 18.3. The predicted molar refractivity (Wildman–Crippen MR) is 113 cm³/mol. The van der Waals surface area contributed by atoms with Crippen molar-refractivity contribution in [3.8, 4) is 5.69 Å². The fourth-order valence-corrected chi connectivity index (χ4v) is 4.14. The molecule has 0 spiro atoms. The van der Waals surface area contributed by atoms with Crippen molar-refractivity contribution in [1.29, 1.82) is 0 Å². The van der Waals surface area contributed by atoms with Crippen LogP contribution in [-0.4, -0.2) is 95.3 Å². The fraction of sp³-hybridized carbons (Fsp3) is 0.500. The first-order valence-electron chi connectivity index (χ1n) is 10.8. The average molecular weight is 465 g/mol. The van der Waals surface area contributed by atoms with Crippen molar-refractivity contribution in [2.75, 3.05) is 59.0 Å². The molecule has 1 aromatic heterocycles. The second kappa shape index (κ2) is 9.52. The van der Waals surface area contributed by atoms with Crippen molar-refractivity contribution >= 4 is 11.8 Å². The van der Waals surface area contributed by atoms with E-state index in [1.807, 2.05) is 4.90 Å². The Labute approximate surface area is 189 Å². The second-order valence-corrected chi connectivity index (χ2v) is 8.16. The average Bonchev–Trinajstić information content (AvgIpc) is 3.25. The first kappa shape index (κ1) is 23.2. The van der Waals surface area contributed by atoms with E-state index < -0.39 is 23.3 Å². The zero-order valence-electron chi connectivity index (χ0n) is 18.3. The van der Waals surface area contributed by atoms with E-state index in [0.29, 0.717) is 31.9 Å². The van der Waals surface area contributed by atoms with Gasteiger partial charge in [-0.15, -0.1) is 0 Å². The maximum Gasteiger partial charge on any atom is 0.434 e. The van der Waals surface area contributed by atoms with Gasteiger partial charge in [0.15, 0.2) is 5.69 Å². The molecule has 2 aromatic rings. The Morgan fingerprint density at radius 2 is 1.64 bits per heavy atom. The molecule has 2 fully saturated rings. The molecule has 2 aliphatic heterocycles. The number of morpholine rings is 1. The molecule has 0 unspecified atom stereocenters. The van der Waals surface area contributed by atoms with E-state index in [2.05, 4.69) is 5.10 Å². The van der Waals surface area contributed by atoms with Gasteiger partial charge in [0.2, 0.25) is 5.91 Å². The highest BCUT2D eigenvalue weighted by Crippen LogP contribution is 2.35. The number of rotatable bonds is 4. The number of aryl methyl sites for hydroxylation is 1. The molecule has 3 heterocycles. The van der Waals surface area contributed by atoms with Gasteiger partial charge in [0.05, 0.1) is 37.2 Å². The molecule has 0 N–H and O–H groups in total. The van der Waals surface area contributed by atoms with Gasteiger partial charge in [-0.25, -0.2) is 4.68 Å². The number of para-hydroxylation sites is 1. The molecule has 1 aromatic carbocycles. The van der Waals surface area contributed by atoms with E-state index >= 15 is 0 Å². The van der Waals surface area contributed by atoms with Gasteiger partial charge in [-0.05, 0) is 18.6 Å². The number of hydrogen-bond donors (Lipinski definition) is 0. The number of ether oxygens (including phenoxy) is 1. The molecule has 0 radical (unpaired) electrons. The summed E-state index contributed by atoms with van der Waals surface area (Å²) in [6.45, 7) is 5.42. The Morgan fingerprint density at radius 3 is 2.27 bits per heavy atom. The molecule has 2 amide bonds. The SMILES string of the molecule is Cc1ccccc1-n1ncc(C(=O)N2CCN(C(=O)CN3CCOCC3)CC2)c1C(F)(F)F. The Bertz CT molecular complexity index is 1010. The maximum absolute atomic E-state index is 14.0. The summed E-state index contributed by atoms with van der Waals surface area (Å²) in [7, 11) is 0. The molecular formula is C22H26F3N5O3. The van der Waals surface area contributed by atoms with Crippen LogP contribution in [0.2, 0.25) is 0 Å². The van der Waals surface area contributed by atoms with Gasteiger partial charge >= 0.3 is 6.18 Å². The van der Waals surface area contributed by atoms with Crippen LogP contribution in [0.4, 0.5) is 13.2 Å². The minimum Gasteiger partial charge on any atom is -0.379 e. The summed E-state index contributed by atoms with van der Waals surface area (Å²) in [5.41, 5.74) is -0.702. The van der Waals surface area contributed by atoms with Gasteiger partial charge < -0.3 is 14.5 Å². The Morgan fingerprint density at radius 1 is 1.00 bits per heavy atom. The summed E-state index contributed by atoms with van der Waals surface area (Å²) in [5.74, 6) is -0.783. The number of hydrogen-bond acceptors (Lipinski definition) is 5. The monoisotopic (exact) mass is 465 g/mol. The zero-order chi connectivity index (χ0) is 23.6. The van der Waals surface area contributed by atoms with E-state index in [-0.39, 0.29) is 44.3 Å². The Hall–Kier alpha value is -2.92. The summed E-state index contributed by atoms with van der Waals surface area (Å²) < 4.78 is 48.0. The first-order chi connectivity index (χ1) is 15.8. The topological polar surface area (TPSA) is 70.9 Å². The third kappa shape index (κ3) is 5.03. The van der Waals surface area contributed by atoms with Crippen LogP contribution < -0.4 is 0 Å². The molecule has 0 atom stereocenters. The highest BCUT2D eigenvalue weighted by molar-refractivity contribution is 5.95. The number of amides is 2. The van der Waals surface area contributed by atoms with Crippen LogP contribution in [0.5, 0.6) is 0 Å². The van der Waals surface area contributed by atoms with Crippen molar-refractivity contribution in [1.82, 2.24) is 24.5 Å². The normalized spacial score (nSPS) is 17.9. The van der Waals surface area contributed by atoms with Gasteiger partial charge in [0, 0.05) is 39.3 Å². The van der Waals surface area contributed by atoms with Crippen LogP contribution in [0.25, 0.3) is 5.69 Å². The van der Waals surface area contributed by atoms with Gasteiger partial charge in [0.1, 0.15) is 0 Å². The molecule has 0 aliphatic carbocycles. The van der Waals surface area contributed by atoms with E-state index in [1.165, 1.54) is 11.0 Å². The smallest absolute Gasteiger partial charge is 0.379 e. The molecule has 4 rings (SSSR count). The van der Waals surface area contributed by atoms with Crippen molar-refractivity contribution in [3.05, 3.63) is 47.3 Å². The largest absolute Gasteiger partial charge is 0.434 e. The third-order valence-electron chi connectivity index (χ3n) is 5.99. The van der Waals surface area contributed by atoms with Crippen molar-refractivity contribution in [2.45, 2.75) is 13.1 Å². The van der Waals surface area contributed by atoms with Gasteiger partial charge in [0.25, 0.3) is 5.91 Å². The number of alkyl halides is 3. The lowest BCUT2D eigenvalue weighted by molar-refractivity contribution is -0.143. The molecule has 2 saturated heterocycles. The quantitative estimate of drug-likeness (QED) is 0.689. The number of nitrogens with zero attached hydrogens (tertiary/aromatic N) is 5. The molecule has 0 bridgehead atoms. The number of aromatic nitrogens is 2. The number of benzene rings is 1. The summed E-state index contributed by atoms with van der Waals surface area (Å²) in [6.07, 6.45) is -3.78. The van der Waals surface area contributed by atoms with E-state index in [1.54, 1.807) is 30.0 Å². The lowest BCUT2D eigenvalue weighted by atomic mass is 10.1. The standard InChI is InChI=1S/C22H26F3N5O3/c1-16-4-2-3-5-18(16)30-20(22(23,24)25)17(14-26-30)21(32)29-8-6-28(7-9-29)19(31)15-27-10-12-33-13-11-27/h2-5,14H,6-13,15H2,1H3. The van der Waals surface area contributed by atoms with Crippen molar-refractivity contribution < 1.29 is 27.5 Å². The molecule has 11 heteroatoms. The summed E-state index contributed by atoms with van der Waals surface area (Å²) in [5, 5.41) is 3.91. The van der Waals surface area contributed by atoms with Gasteiger partial charge in [-0.1, -0.05) is 18.2 Å². The number of carbonyl (C=O) groups is 2. The van der Waals surface area contributed by atoms with Crippen LogP contribution in [0.3, 0.4) is 0 Å². The van der Waals surface area contributed by atoms with Gasteiger partial charge in [-0.3, -0.25) is 14.5 Å². The van der Waals surface area contributed by atoms with Gasteiger partial charge in [-0.2, -0.15) is 18.3 Å². The summed E-state index contributed by atoms with van der Waals surface area (Å²) >= 11 is 0. The predicted octanol–water partition coefficient (Wildman–Crippen LogP) is 1.82.